The molecule has 0 radical (unpaired) electrons. The molecule has 1 aromatic rings. The summed E-state index contributed by atoms with van der Waals surface area (Å²) >= 11 is 11.7. The van der Waals surface area contributed by atoms with Gasteiger partial charge in [0, 0.05) is 38.3 Å². The first-order valence-corrected chi connectivity index (χ1v) is 12.2. The standard InChI is InChI=1S/C19H29ClN4O4S2/c1-19(2,23-5-9-27-10-6-23)14-21-18(29)22-17-13-15(3-4-16(17)20)30(25,26)24-7-11-28-12-8-24/h3-4,13H,5-12,14H2,1-2H3,(H2,21,22,29). The van der Waals surface area contributed by atoms with Crippen LogP contribution in [0, 0.1) is 0 Å². The van der Waals surface area contributed by atoms with Gasteiger partial charge in [0.05, 0.1) is 42.0 Å². The van der Waals surface area contributed by atoms with E-state index < -0.39 is 10.0 Å². The summed E-state index contributed by atoms with van der Waals surface area (Å²) in [5.74, 6) is 0. The number of anilines is 1. The molecule has 2 heterocycles. The molecule has 30 heavy (non-hydrogen) atoms. The van der Waals surface area contributed by atoms with Crippen molar-refractivity contribution in [3.8, 4) is 0 Å². The van der Waals surface area contributed by atoms with E-state index in [0.29, 0.717) is 48.7 Å². The van der Waals surface area contributed by atoms with Crippen molar-refractivity contribution in [3.05, 3.63) is 23.2 Å². The maximum atomic E-state index is 12.9. The third kappa shape index (κ3) is 5.82. The van der Waals surface area contributed by atoms with Crippen LogP contribution in [0.25, 0.3) is 0 Å². The van der Waals surface area contributed by atoms with Gasteiger partial charge in [0.1, 0.15) is 0 Å². The number of halogens is 1. The Bertz CT molecular complexity index is 854. The SMILES string of the molecule is CC(C)(CNC(=S)Nc1cc(S(=O)(=O)N2CCOCC2)ccc1Cl)N1CCOCC1. The predicted octanol–water partition coefficient (Wildman–Crippen LogP) is 1.76. The van der Waals surface area contributed by atoms with Crippen molar-refractivity contribution in [2.75, 3.05) is 64.5 Å². The highest BCUT2D eigenvalue weighted by Crippen LogP contribution is 2.27. The number of sulfonamides is 1. The van der Waals surface area contributed by atoms with Crippen molar-refractivity contribution in [1.82, 2.24) is 14.5 Å². The van der Waals surface area contributed by atoms with Gasteiger partial charge in [0.25, 0.3) is 0 Å². The first-order chi connectivity index (χ1) is 14.2. The van der Waals surface area contributed by atoms with Crippen LogP contribution >= 0.6 is 23.8 Å². The zero-order chi connectivity index (χ0) is 21.8. The van der Waals surface area contributed by atoms with Crippen LogP contribution < -0.4 is 10.6 Å². The van der Waals surface area contributed by atoms with E-state index in [1.807, 2.05) is 0 Å². The number of thiocarbonyl (C=S) groups is 1. The molecule has 168 valence electrons. The summed E-state index contributed by atoms with van der Waals surface area (Å²) < 4.78 is 37.9. The summed E-state index contributed by atoms with van der Waals surface area (Å²) in [6.07, 6.45) is 0. The Labute approximate surface area is 188 Å². The fourth-order valence-corrected chi connectivity index (χ4v) is 5.22. The number of hydrogen-bond acceptors (Lipinski definition) is 6. The smallest absolute Gasteiger partial charge is 0.243 e. The second-order valence-electron chi connectivity index (χ2n) is 7.88. The molecular formula is C19H29ClN4O4S2. The molecule has 1 aromatic carbocycles. The molecule has 2 aliphatic heterocycles. The Kier molecular flexibility index (Phi) is 7.94. The number of benzene rings is 1. The first-order valence-electron chi connectivity index (χ1n) is 9.95. The first kappa shape index (κ1) is 23.6. The summed E-state index contributed by atoms with van der Waals surface area (Å²) in [5.41, 5.74) is 0.341. The number of nitrogens with zero attached hydrogens (tertiary/aromatic N) is 2. The topological polar surface area (TPSA) is 83.1 Å². The minimum atomic E-state index is -3.61. The van der Waals surface area contributed by atoms with Crippen LogP contribution in [0.15, 0.2) is 23.1 Å². The molecule has 11 heteroatoms. The lowest BCUT2D eigenvalue weighted by atomic mass is 10.0. The van der Waals surface area contributed by atoms with Crippen molar-refractivity contribution >= 4 is 44.6 Å². The van der Waals surface area contributed by atoms with E-state index >= 15 is 0 Å². The zero-order valence-electron chi connectivity index (χ0n) is 17.3. The van der Waals surface area contributed by atoms with Gasteiger partial charge in [0.2, 0.25) is 10.0 Å². The fraction of sp³-hybridized carbons (Fsp3) is 0.632. The van der Waals surface area contributed by atoms with Crippen molar-refractivity contribution in [2.45, 2.75) is 24.3 Å². The minimum Gasteiger partial charge on any atom is -0.379 e. The monoisotopic (exact) mass is 476 g/mol. The normalized spacial score (nSPS) is 19.4. The molecule has 2 fully saturated rings. The summed E-state index contributed by atoms with van der Waals surface area (Å²) in [6.45, 7) is 9.60. The Hall–Kier alpha value is -1.01. The summed E-state index contributed by atoms with van der Waals surface area (Å²) in [4.78, 5) is 2.53. The molecule has 0 saturated carbocycles. The van der Waals surface area contributed by atoms with Gasteiger partial charge in [-0.25, -0.2) is 8.42 Å². The van der Waals surface area contributed by atoms with Crippen molar-refractivity contribution in [2.24, 2.45) is 0 Å². The summed E-state index contributed by atoms with van der Waals surface area (Å²) in [6, 6.07) is 4.60. The molecule has 0 spiro atoms. The van der Waals surface area contributed by atoms with E-state index in [1.54, 1.807) is 6.07 Å². The molecule has 3 rings (SSSR count). The number of hydrogen-bond donors (Lipinski definition) is 2. The highest BCUT2D eigenvalue weighted by molar-refractivity contribution is 7.89. The van der Waals surface area contributed by atoms with Gasteiger partial charge >= 0.3 is 0 Å². The third-order valence-electron chi connectivity index (χ3n) is 5.34. The van der Waals surface area contributed by atoms with Gasteiger partial charge in [0.15, 0.2) is 5.11 Å². The van der Waals surface area contributed by atoms with Gasteiger partial charge in [-0.1, -0.05) is 11.6 Å². The minimum absolute atomic E-state index is 0.110. The van der Waals surface area contributed by atoms with E-state index in [9.17, 15) is 8.42 Å². The Balaban J connectivity index is 1.64. The van der Waals surface area contributed by atoms with E-state index in [4.69, 9.17) is 33.3 Å². The molecule has 2 saturated heterocycles. The molecular weight excluding hydrogens is 448 g/mol. The lowest BCUT2D eigenvalue weighted by Gasteiger charge is -2.41. The second kappa shape index (κ2) is 10.1. The second-order valence-corrected chi connectivity index (χ2v) is 10.6. The Morgan fingerprint density at radius 2 is 1.73 bits per heavy atom. The van der Waals surface area contributed by atoms with Gasteiger partial charge in [-0.3, -0.25) is 4.90 Å². The molecule has 0 amide bonds. The number of nitrogens with one attached hydrogen (secondary N) is 2. The van der Waals surface area contributed by atoms with Crippen molar-refractivity contribution < 1.29 is 17.9 Å². The maximum Gasteiger partial charge on any atom is 0.243 e. The molecule has 0 aromatic heterocycles. The van der Waals surface area contributed by atoms with Crippen LogP contribution in [-0.4, -0.2) is 87.4 Å². The lowest BCUT2D eigenvalue weighted by Crippen LogP contribution is -2.55. The van der Waals surface area contributed by atoms with E-state index in [-0.39, 0.29) is 10.4 Å². The van der Waals surface area contributed by atoms with Gasteiger partial charge < -0.3 is 20.1 Å². The average Bonchev–Trinajstić information content (AvgIpc) is 2.75. The predicted molar refractivity (Wildman–Crippen MR) is 122 cm³/mol. The highest BCUT2D eigenvalue weighted by Gasteiger charge is 2.29. The fourth-order valence-electron chi connectivity index (χ4n) is 3.44. The number of rotatable bonds is 6. The van der Waals surface area contributed by atoms with Gasteiger partial charge in [-0.2, -0.15) is 4.31 Å². The molecule has 0 bridgehead atoms. The van der Waals surface area contributed by atoms with Crippen LogP contribution in [0.5, 0.6) is 0 Å². The molecule has 0 aliphatic carbocycles. The van der Waals surface area contributed by atoms with Crippen LogP contribution in [0.3, 0.4) is 0 Å². The maximum absolute atomic E-state index is 12.9. The quantitative estimate of drug-likeness (QED) is 0.601. The molecule has 2 aliphatic rings. The Morgan fingerprint density at radius 1 is 1.13 bits per heavy atom. The van der Waals surface area contributed by atoms with Crippen LogP contribution in [0.4, 0.5) is 5.69 Å². The molecule has 8 nitrogen and oxygen atoms in total. The van der Waals surface area contributed by atoms with Crippen molar-refractivity contribution in [1.29, 1.82) is 0 Å². The molecule has 0 unspecified atom stereocenters. The summed E-state index contributed by atoms with van der Waals surface area (Å²) in [5, 5.41) is 7.04. The summed E-state index contributed by atoms with van der Waals surface area (Å²) in [7, 11) is -3.61. The van der Waals surface area contributed by atoms with E-state index in [2.05, 4.69) is 29.4 Å². The van der Waals surface area contributed by atoms with E-state index in [0.717, 1.165) is 26.3 Å². The average molecular weight is 477 g/mol. The van der Waals surface area contributed by atoms with Crippen LogP contribution in [-0.2, 0) is 19.5 Å². The largest absolute Gasteiger partial charge is 0.379 e. The third-order valence-corrected chi connectivity index (χ3v) is 7.81. The van der Waals surface area contributed by atoms with Gasteiger partial charge in [-0.15, -0.1) is 0 Å². The highest BCUT2D eigenvalue weighted by atomic mass is 35.5. The van der Waals surface area contributed by atoms with E-state index in [1.165, 1.54) is 16.4 Å². The van der Waals surface area contributed by atoms with Crippen LogP contribution in [0.2, 0.25) is 5.02 Å². The van der Waals surface area contributed by atoms with Crippen molar-refractivity contribution in [3.63, 3.8) is 0 Å². The zero-order valence-corrected chi connectivity index (χ0v) is 19.7. The Morgan fingerprint density at radius 3 is 2.37 bits per heavy atom. The molecule has 0 atom stereocenters. The number of morpholine rings is 2. The van der Waals surface area contributed by atoms with Gasteiger partial charge in [-0.05, 0) is 44.3 Å². The van der Waals surface area contributed by atoms with Crippen LogP contribution in [0.1, 0.15) is 13.8 Å². The lowest BCUT2D eigenvalue weighted by molar-refractivity contribution is -0.00823. The molecule has 2 N–H and O–H groups in total. The number of ether oxygens (including phenoxy) is 2.